The highest BCUT2D eigenvalue weighted by atomic mass is 19.1. The Morgan fingerprint density at radius 1 is 0.950 bits per heavy atom. The summed E-state index contributed by atoms with van der Waals surface area (Å²) in [6.45, 7) is 1.69. The Labute approximate surface area is 227 Å². The summed E-state index contributed by atoms with van der Waals surface area (Å²) in [6, 6.07) is 12.7. The number of ketones is 1. The summed E-state index contributed by atoms with van der Waals surface area (Å²) in [5, 5.41) is 0. The van der Waals surface area contributed by atoms with Gasteiger partial charge in [-0.3, -0.25) is 14.6 Å². The summed E-state index contributed by atoms with van der Waals surface area (Å²) in [6.07, 6.45) is 2.62. The summed E-state index contributed by atoms with van der Waals surface area (Å²) < 4.78 is 44.8. The molecule has 0 aliphatic heterocycles. The fraction of sp³-hybridized carbons (Fsp3) is 0.133. The van der Waals surface area contributed by atoms with E-state index >= 15 is 4.39 Å². The van der Waals surface area contributed by atoms with E-state index in [1.165, 1.54) is 63.0 Å². The van der Waals surface area contributed by atoms with Gasteiger partial charge < -0.3 is 19.2 Å². The normalized spacial score (nSPS) is 10.9. The highest BCUT2D eigenvalue weighted by molar-refractivity contribution is 5.98. The molecule has 0 aliphatic carbocycles. The number of pyridine rings is 3. The molecule has 5 rings (SSSR count). The largest absolute Gasteiger partial charge is 0.491 e. The van der Waals surface area contributed by atoms with E-state index in [0.29, 0.717) is 33.6 Å². The van der Waals surface area contributed by atoms with Crippen molar-refractivity contribution in [1.29, 1.82) is 0 Å². The van der Waals surface area contributed by atoms with Crippen molar-refractivity contribution in [2.45, 2.75) is 13.3 Å². The van der Waals surface area contributed by atoms with E-state index in [9.17, 15) is 14.0 Å². The van der Waals surface area contributed by atoms with Crippen LogP contribution in [0, 0.1) is 18.6 Å². The Bertz CT molecular complexity index is 1800. The number of ether oxygens (including phenoxy) is 3. The second kappa shape index (κ2) is 10.9. The number of aryl methyl sites for hydroxylation is 1. The fourth-order valence-electron chi connectivity index (χ4n) is 4.32. The molecule has 40 heavy (non-hydrogen) atoms. The van der Waals surface area contributed by atoms with Gasteiger partial charge in [0.2, 0.25) is 0 Å². The van der Waals surface area contributed by atoms with Crippen LogP contribution < -0.4 is 19.6 Å². The first kappa shape index (κ1) is 26.5. The molecule has 0 fully saturated rings. The minimum absolute atomic E-state index is 0.0793. The maximum absolute atomic E-state index is 15.1. The van der Waals surface area contributed by atoms with Crippen molar-refractivity contribution in [2.24, 2.45) is 0 Å². The zero-order valence-corrected chi connectivity index (χ0v) is 21.7. The third-order valence-corrected chi connectivity index (χ3v) is 6.31. The number of hydrogen-bond acceptors (Lipinski definition) is 7. The van der Waals surface area contributed by atoms with Gasteiger partial charge in [-0.15, -0.1) is 0 Å². The topological polar surface area (TPSA) is 103 Å². The standard InChI is InChI=1S/C30H23F2N3O5/c1-16-27(18-5-7-19(31)8-6-18)29(37)20(15-34-16)23(36)13-17-4-9-24(21(32)12-17)40-25-10-11-33-22-14-26(38-2)30(39-3)35-28(22)25/h4-12,14-15H,13H2,1-3H3,(H,34,37). The van der Waals surface area contributed by atoms with E-state index in [1.54, 1.807) is 25.1 Å². The molecule has 0 radical (unpaired) electrons. The van der Waals surface area contributed by atoms with Crippen LogP contribution in [0.5, 0.6) is 23.1 Å². The number of carbonyl (C=O) groups is 1. The lowest BCUT2D eigenvalue weighted by Gasteiger charge is -2.12. The second-order valence-electron chi connectivity index (χ2n) is 8.88. The third kappa shape index (κ3) is 5.11. The first-order valence-electron chi connectivity index (χ1n) is 12.1. The minimum Gasteiger partial charge on any atom is -0.491 e. The molecule has 3 aromatic heterocycles. The quantitative estimate of drug-likeness (QED) is 0.247. The molecule has 0 unspecified atom stereocenters. The van der Waals surface area contributed by atoms with Gasteiger partial charge in [0.1, 0.15) is 11.3 Å². The molecule has 0 atom stereocenters. The zero-order valence-electron chi connectivity index (χ0n) is 21.7. The van der Waals surface area contributed by atoms with E-state index < -0.39 is 22.8 Å². The average molecular weight is 544 g/mol. The summed E-state index contributed by atoms with van der Waals surface area (Å²) in [4.78, 5) is 37.8. The van der Waals surface area contributed by atoms with Crippen LogP contribution in [0.15, 0.2) is 71.8 Å². The summed E-state index contributed by atoms with van der Waals surface area (Å²) in [7, 11) is 2.92. The maximum Gasteiger partial charge on any atom is 0.257 e. The maximum atomic E-state index is 15.1. The van der Waals surface area contributed by atoms with E-state index in [2.05, 4.69) is 15.0 Å². The molecule has 1 N–H and O–H groups in total. The van der Waals surface area contributed by atoms with Crippen LogP contribution >= 0.6 is 0 Å². The van der Waals surface area contributed by atoms with Crippen molar-refractivity contribution in [3.05, 3.63) is 106 Å². The zero-order chi connectivity index (χ0) is 28.4. The van der Waals surface area contributed by atoms with Gasteiger partial charge in [-0.25, -0.2) is 13.8 Å². The number of aromatic nitrogens is 3. The fourth-order valence-corrected chi connectivity index (χ4v) is 4.32. The van der Waals surface area contributed by atoms with Crippen molar-refractivity contribution in [3.63, 3.8) is 0 Å². The van der Waals surface area contributed by atoms with Crippen molar-refractivity contribution in [1.82, 2.24) is 15.0 Å². The van der Waals surface area contributed by atoms with Gasteiger partial charge in [0, 0.05) is 42.2 Å². The number of carbonyl (C=O) groups excluding carboxylic acids is 1. The summed E-state index contributed by atoms with van der Waals surface area (Å²) >= 11 is 0. The number of benzene rings is 2. The molecule has 0 spiro atoms. The van der Waals surface area contributed by atoms with Gasteiger partial charge in [-0.1, -0.05) is 18.2 Å². The van der Waals surface area contributed by atoms with Gasteiger partial charge in [0.05, 0.1) is 25.3 Å². The number of nitrogens with zero attached hydrogens (tertiary/aromatic N) is 2. The van der Waals surface area contributed by atoms with E-state index in [4.69, 9.17) is 14.2 Å². The number of H-pyrrole nitrogens is 1. The van der Waals surface area contributed by atoms with Crippen molar-refractivity contribution >= 4 is 16.8 Å². The van der Waals surface area contributed by atoms with Crippen LogP contribution in [0.2, 0.25) is 0 Å². The monoisotopic (exact) mass is 543 g/mol. The number of halogens is 2. The number of nitrogens with one attached hydrogen (secondary N) is 1. The highest BCUT2D eigenvalue weighted by Crippen LogP contribution is 2.34. The lowest BCUT2D eigenvalue weighted by atomic mass is 9.98. The molecule has 2 aromatic carbocycles. The van der Waals surface area contributed by atoms with Gasteiger partial charge in [-0.05, 0) is 42.3 Å². The molecule has 3 heterocycles. The van der Waals surface area contributed by atoms with Crippen molar-refractivity contribution < 1.29 is 27.8 Å². The molecular formula is C30H23F2N3O5. The van der Waals surface area contributed by atoms with Crippen LogP contribution in [0.1, 0.15) is 21.6 Å². The Kier molecular flexibility index (Phi) is 7.24. The molecule has 0 bridgehead atoms. The average Bonchev–Trinajstić information content (AvgIpc) is 2.94. The highest BCUT2D eigenvalue weighted by Gasteiger charge is 2.19. The van der Waals surface area contributed by atoms with E-state index in [1.807, 2.05) is 0 Å². The van der Waals surface area contributed by atoms with Crippen molar-refractivity contribution in [3.8, 4) is 34.3 Å². The Morgan fingerprint density at radius 2 is 1.73 bits per heavy atom. The summed E-state index contributed by atoms with van der Waals surface area (Å²) in [5.41, 5.74) is 1.87. The predicted octanol–water partition coefficient (Wildman–Crippen LogP) is 5.81. The van der Waals surface area contributed by atoms with Crippen LogP contribution in [-0.4, -0.2) is 35.0 Å². The molecule has 0 aliphatic rings. The van der Waals surface area contributed by atoms with E-state index in [-0.39, 0.29) is 34.9 Å². The lowest BCUT2D eigenvalue weighted by Crippen LogP contribution is -2.20. The second-order valence-corrected chi connectivity index (χ2v) is 8.88. The Balaban J connectivity index is 1.40. The molecule has 0 saturated carbocycles. The molecule has 202 valence electrons. The van der Waals surface area contributed by atoms with Gasteiger partial charge in [0.25, 0.3) is 5.88 Å². The minimum atomic E-state index is -0.708. The third-order valence-electron chi connectivity index (χ3n) is 6.31. The van der Waals surface area contributed by atoms with Crippen molar-refractivity contribution in [2.75, 3.05) is 14.2 Å². The van der Waals surface area contributed by atoms with Gasteiger partial charge in [0.15, 0.2) is 34.3 Å². The Hall–Kier alpha value is -5.12. The first-order valence-corrected chi connectivity index (χ1v) is 12.1. The smallest absolute Gasteiger partial charge is 0.257 e. The number of methoxy groups -OCH3 is 2. The van der Waals surface area contributed by atoms with Crippen LogP contribution in [0.25, 0.3) is 22.2 Å². The van der Waals surface area contributed by atoms with Crippen LogP contribution in [0.4, 0.5) is 8.78 Å². The van der Waals surface area contributed by atoms with E-state index in [0.717, 1.165) is 0 Å². The molecule has 0 saturated heterocycles. The number of hydrogen-bond donors (Lipinski definition) is 1. The molecule has 0 amide bonds. The molecule has 10 heteroatoms. The first-order chi connectivity index (χ1) is 19.3. The molecule has 8 nitrogen and oxygen atoms in total. The number of Topliss-reactive ketones (excluding diaryl/α,β-unsaturated/α-hetero) is 1. The van der Waals surface area contributed by atoms with Gasteiger partial charge in [-0.2, -0.15) is 0 Å². The van der Waals surface area contributed by atoms with Crippen LogP contribution in [-0.2, 0) is 6.42 Å². The number of rotatable bonds is 8. The molecule has 5 aromatic rings. The number of fused-ring (bicyclic) bond motifs is 1. The SMILES string of the molecule is COc1cc2nccc(Oc3ccc(CC(=O)c4c[nH]c(C)c(-c5ccc(F)cc5)c4=O)cc3F)c2nc1OC. The lowest BCUT2D eigenvalue weighted by molar-refractivity contribution is 0.0991. The Morgan fingerprint density at radius 3 is 2.42 bits per heavy atom. The van der Waals surface area contributed by atoms with Crippen LogP contribution in [0.3, 0.4) is 0 Å². The predicted molar refractivity (Wildman–Crippen MR) is 144 cm³/mol. The number of aromatic amines is 1. The van der Waals surface area contributed by atoms with Gasteiger partial charge >= 0.3 is 0 Å². The molecular weight excluding hydrogens is 520 g/mol. The summed E-state index contributed by atoms with van der Waals surface area (Å²) in [5.74, 6) is -0.885.